The molecule has 1 saturated heterocycles. The van der Waals surface area contributed by atoms with E-state index in [2.05, 4.69) is 0 Å². The number of aliphatic hydroxyl groups is 1. The second kappa shape index (κ2) is 4.73. The number of β-amino-alcohol motifs (C(OH)–C–C–N with tert-alkyl or cyclic N) is 1. The van der Waals surface area contributed by atoms with E-state index in [0.29, 0.717) is 6.54 Å². The normalized spacial score (nSPS) is 24.1. The Balaban J connectivity index is 2.23. The van der Waals surface area contributed by atoms with Crippen molar-refractivity contribution in [1.29, 1.82) is 0 Å². The van der Waals surface area contributed by atoms with Crippen molar-refractivity contribution in [2.45, 2.75) is 39.2 Å². The number of piperidine rings is 1. The SMILES string of the molecule is Cc1cccc(C(=O)N2CCCC(C)(O)C2)c1C. The number of amides is 1. The minimum atomic E-state index is -0.744. The van der Waals surface area contributed by atoms with Gasteiger partial charge in [-0.2, -0.15) is 0 Å². The van der Waals surface area contributed by atoms with E-state index in [4.69, 9.17) is 0 Å². The Morgan fingerprint density at radius 3 is 2.78 bits per heavy atom. The highest BCUT2D eigenvalue weighted by atomic mass is 16.3. The van der Waals surface area contributed by atoms with Crippen molar-refractivity contribution in [3.63, 3.8) is 0 Å². The number of nitrogens with zero attached hydrogens (tertiary/aromatic N) is 1. The fourth-order valence-corrected chi connectivity index (χ4v) is 2.55. The second-order valence-corrected chi connectivity index (χ2v) is 5.57. The van der Waals surface area contributed by atoms with Crippen molar-refractivity contribution in [2.75, 3.05) is 13.1 Å². The molecule has 1 aliphatic rings. The number of hydrogen-bond donors (Lipinski definition) is 1. The average Bonchev–Trinajstić information content (AvgIpc) is 2.30. The Labute approximate surface area is 108 Å². The number of carbonyl (C=O) groups excluding carboxylic acids is 1. The quantitative estimate of drug-likeness (QED) is 0.827. The summed E-state index contributed by atoms with van der Waals surface area (Å²) in [5, 5.41) is 10.1. The molecular formula is C15H21NO2. The van der Waals surface area contributed by atoms with Gasteiger partial charge in [-0.15, -0.1) is 0 Å². The summed E-state index contributed by atoms with van der Waals surface area (Å²) >= 11 is 0. The molecule has 1 heterocycles. The zero-order valence-corrected chi connectivity index (χ0v) is 11.4. The lowest BCUT2D eigenvalue weighted by Gasteiger charge is -2.37. The number of likely N-dealkylation sites (tertiary alicyclic amines) is 1. The summed E-state index contributed by atoms with van der Waals surface area (Å²) in [5.74, 6) is 0.0381. The lowest BCUT2D eigenvalue weighted by molar-refractivity contribution is -0.0107. The zero-order chi connectivity index (χ0) is 13.3. The fourth-order valence-electron chi connectivity index (χ4n) is 2.55. The maximum Gasteiger partial charge on any atom is 0.254 e. The summed E-state index contributed by atoms with van der Waals surface area (Å²) in [4.78, 5) is 14.2. The van der Waals surface area contributed by atoms with E-state index in [-0.39, 0.29) is 5.91 Å². The minimum Gasteiger partial charge on any atom is -0.388 e. The molecule has 0 saturated carbocycles. The van der Waals surface area contributed by atoms with Crippen LogP contribution in [-0.4, -0.2) is 34.6 Å². The van der Waals surface area contributed by atoms with Gasteiger partial charge in [0.15, 0.2) is 0 Å². The summed E-state index contributed by atoms with van der Waals surface area (Å²) in [6.07, 6.45) is 1.63. The highest BCUT2D eigenvalue weighted by molar-refractivity contribution is 5.96. The monoisotopic (exact) mass is 247 g/mol. The van der Waals surface area contributed by atoms with Gasteiger partial charge in [0.05, 0.1) is 5.60 Å². The maximum atomic E-state index is 12.5. The van der Waals surface area contributed by atoms with Crippen LogP contribution in [0.25, 0.3) is 0 Å². The van der Waals surface area contributed by atoms with E-state index in [9.17, 15) is 9.90 Å². The highest BCUT2D eigenvalue weighted by Gasteiger charge is 2.31. The molecule has 1 unspecified atom stereocenters. The standard InChI is InChI=1S/C15H21NO2/c1-11-6-4-7-13(12(11)2)14(17)16-9-5-8-15(3,18)10-16/h4,6-7,18H,5,8-10H2,1-3H3. The molecule has 98 valence electrons. The van der Waals surface area contributed by atoms with Crippen molar-refractivity contribution in [3.8, 4) is 0 Å². The van der Waals surface area contributed by atoms with Gasteiger partial charge in [0.25, 0.3) is 5.91 Å². The zero-order valence-electron chi connectivity index (χ0n) is 11.4. The van der Waals surface area contributed by atoms with E-state index >= 15 is 0 Å². The van der Waals surface area contributed by atoms with Crippen LogP contribution in [-0.2, 0) is 0 Å². The molecule has 0 aromatic heterocycles. The van der Waals surface area contributed by atoms with Crippen molar-refractivity contribution in [1.82, 2.24) is 4.90 Å². The molecular weight excluding hydrogens is 226 g/mol. The molecule has 3 heteroatoms. The predicted molar refractivity (Wildman–Crippen MR) is 71.7 cm³/mol. The first-order valence-electron chi connectivity index (χ1n) is 6.48. The van der Waals surface area contributed by atoms with Gasteiger partial charge in [0.1, 0.15) is 0 Å². The molecule has 1 atom stereocenters. The van der Waals surface area contributed by atoms with E-state index in [1.54, 1.807) is 11.8 Å². The Kier molecular flexibility index (Phi) is 3.44. The van der Waals surface area contributed by atoms with Crippen LogP contribution in [0.3, 0.4) is 0 Å². The fraction of sp³-hybridized carbons (Fsp3) is 0.533. The van der Waals surface area contributed by atoms with Crippen molar-refractivity contribution >= 4 is 5.91 Å². The van der Waals surface area contributed by atoms with Gasteiger partial charge in [-0.05, 0) is 50.8 Å². The molecule has 1 N–H and O–H groups in total. The van der Waals surface area contributed by atoms with Gasteiger partial charge in [0, 0.05) is 18.7 Å². The van der Waals surface area contributed by atoms with Crippen LogP contribution in [0.1, 0.15) is 41.3 Å². The molecule has 2 rings (SSSR count). The molecule has 18 heavy (non-hydrogen) atoms. The molecule has 1 aromatic carbocycles. The third-order valence-corrected chi connectivity index (χ3v) is 3.80. The Hall–Kier alpha value is -1.35. The van der Waals surface area contributed by atoms with Gasteiger partial charge < -0.3 is 10.0 Å². The van der Waals surface area contributed by atoms with Crippen LogP contribution in [0, 0.1) is 13.8 Å². The van der Waals surface area contributed by atoms with Gasteiger partial charge in [-0.3, -0.25) is 4.79 Å². The number of carbonyl (C=O) groups is 1. The Morgan fingerprint density at radius 2 is 2.11 bits per heavy atom. The summed E-state index contributed by atoms with van der Waals surface area (Å²) in [6.45, 7) is 6.96. The topological polar surface area (TPSA) is 40.5 Å². The molecule has 0 aliphatic carbocycles. The molecule has 1 aromatic rings. The molecule has 0 spiro atoms. The third-order valence-electron chi connectivity index (χ3n) is 3.80. The number of rotatable bonds is 1. The Bertz CT molecular complexity index is 466. The predicted octanol–water partition coefficient (Wildman–Crippen LogP) is 2.29. The second-order valence-electron chi connectivity index (χ2n) is 5.57. The maximum absolute atomic E-state index is 12.5. The number of hydrogen-bond acceptors (Lipinski definition) is 2. The summed E-state index contributed by atoms with van der Waals surface area (Å²) in [7, 11) is 0. The summed E-state index contributed by atoms with van der Waals surface area (Å²) in [6, 6.07) is 5.80. The molecule has 1 amide bonds. The van der Waals surface area contributed by atoms with Gasteiger partial charge >= 0.3 is 0 Å². The molecule has 0 radical (unpaired) electrons. The largest absolute Gasteiger partial charge is 0.388 e. The van der Waals surface area contributed by atoms with Crippen molar-refractivity contribution in [2.24, 2.45) is 0 Å². The van der Waals surface area contributed by atoms with E-state index < -0.39 is 5.60 Å². The third kappa shape index (κ3) is 2.56. The first kappa shape index (κ1) is 13.1. The molecule has 3 nitrogen and oxygen atoms in total. The highest BCUT2D eigenvalue weighted by Crippen LogP contribution is 2.23. The number of benzene rings is 1. The van der Waals surface area contributed by atoms with Gasteiger partial charge in [0.2, 0.25) is 0 Å². The van der Waals surface area contributed by atoms with Crippen LogP contribution in [0.4, 0.5) is 0 Å². The van der Waals surface area contributed by atoms with Gasteiger partial charge in [-0.25, -0.2) is 0 Å². The van der Waals surface area contributed by atoms with Crippen LogP contribution in [0.15, 0.2) is 18.2 Å². The first-order valence-corrected chi connectivity index (χ1v) is 6.48. The van der Waals surface area contributed by atoms with E-state index in [1.165, 1.54) is 0 Å². The van der Waals surface area contributed by atoms with E-state index in [0.717, 1.165) is 36.1 Å². The molecule has 1 fully saturated rings. The van der Waals surface area contributed by atoms with Crippen LogP contribution < -0.4 is 0 Å². The Morgan fingerprint density at radius 1 is 1.39 bits per heavy atom. The van der Waals surface area contributed by atoms with Crippen LogP contribution >= 0.6 is 0 Å². The first-order chi connectivity index (χ1) is 8.41. The minimum absolute atomic E-state index is 0.0381. The average molecular weight is 247 g/mol. The molecule has 0 bridgehead atoms. The van der Waals surface area contributed by atoms with Crippen molar-refractivity contribution < 1.29 is 9.90 Å². The lowest BCUT2D eigenvalue weighted by atomic mass is 9.94. The smallest absolute Gasteiger partial charge is 0.254 e. The summed E-state index contributed by atoms with van der Waals surface area (Å²) < 4.78 is 0. The van der Waals surface area contributed by atoms with Crippen molar-refractivity contribution in [3.05, 3.63) is 34.9 Å². The molecule has 1 aliphatic heterocycles. The van der Waals surface area contributed by atoms with E-state index in [1.807, 2.05) is 32.0 Å². The van der Waals surface area contributed by atoms with Crippen LogP contribution in [0.2, 0.25) is 0 Å². The number of aryl methyl sites for hydroxylation is 1. The van der Waals surface area contributed by atoms with Crippen LogP contribution in [0.5, 0.6) is 0 Å². The summed E-state index contributed by atoms with van der Waals surface area (Å²) in [5.41, 5.74) is 2.18. The van der Waals surface area contributed by atoms with Gasteiger partial charge in [-0.1, -0.05) is 12.1 Å². The lowest BCUT2D eigenvalue weighted by Crippen LogP contribution is -2.48.